The lowest BCUT2D eigenvalue weighted by atomic mass is 10.0. The number of hydrogen-bond donors (Lipinski definition) is 3. The molecule has 2 heterocycles. The van der Waals surface area contributed by atoms with E-state index < -0.39 is 6.03 Å². The predicted molar refractivity (Wildman–Crippen MR) is 83.7 cm³/mol. The number of benzene rings is 1. The summed E-state index contributed by atoms with van der Waals surface area (Å²) in [5.41, 5.74) is 0.554. The van der Waals surface area contributed by atoms with Gasteiger partial charge in [0.1, 0.15) is 0 Å². The van der Waals surface area contributed by atoms with Gasteiger partial charge in [-0.2, -0.15) is 0 Å². The number of urea groups is 1. The molecule has 1 fully saturated rings. The number of fused-ring (bicyclic) bond motifs is 1. The molecule has 0 bridgehead atoms. The van der Waals surface area contributed by atoms with Crippen LogP contribution in [0.25, 0.3) is 0 Å². The van der Waals surface area contributed by atoms with Crippen LogP contribution in [0.5, 0.6) is 11.5 Å². The Morgan fingerprint density at radius 1 is 1.26 bits per heavy atom. The number of carbonyl (C=O) groups is 2. The van der Waals surface area contributed by atoms with E-state index in [2.05, 4.69) is 17.6 Å². The zero-order chi connectivity index (χ0) is 16.2. The predicted octanol–water partition coefficient (Wildman–Crippen LogP) is 0.521. The van der Waals surface area contributed by atoms with Crippen molar-refractivity contribution in [2.75, 3.05) is 25.2 Å². The first-order valence-corrected chi connectivity index (χ1v) is 7.97. The van der Waals surface area contributed by atoms with E-state index in [9.17, 15) is 9.59 Å². The molecule has 1 unspecified atom stereocenters. The zero-order valence-corrected chi connectivity index (χ0v) is 13.2. The van der Waals surface area contributed by atoms with Gasteiger partial charge in [0, 0.05) is 11.8 Å². The van der Waals surface area contributed by atoms with Crippen LogP contribution in [-0.2, 0) is 4.79 Å². The van der Waals surface area contributed by atoms with E-state index in [0.717, 1.165) is 19.4 Å². The third-order valence-electron chi connectivity index (χ3n) is 4.35. The molecule has 1 aromatic rings. The van der Waals surface area contributed by atoms with Crippen LogP contribution in [0, 0.1) is 0 Å². The van der Waals surface area contributed by atoms with E-state index in [1.165, 1.54) is 11.3 Å². The number of amides is 3. The lowest BCUT2D eigenvalue weighted by Crippen LogP contribution is -3.17. The molecule has 0 radical (unpaired) electrons. The number of quaternary nitrogens is 1. The molecular formula is C16H22N3O4+. The Bertz CT molecular complexity index is 605. The van der Waals surface area contributed by atoms with Crippen molar-refractivity contribution in [2.45, 2.75) is 32.2 Å². The van der Waals surface area contributed by atoms with Gasteiger partial charge < -0.3 is 19.7 Å². The van der Waals surface area contributed by atoms with E-state index in [4.69, 9.17) is 9.47 Å². The monoisotopic (exact) mass is 320 g/mol. The normalized spacial score (nSPS) is 22.5. The molecule has 2 atom stereocenters. The van der Waals surface area contributed by atoms with Crippen molar-refractivity contribution in [3.8, 4) is 11.5 Å². The lowest BCUT2D eigenvalue weighted by Gasteiger charge is -2.29. The maximum Gasteiger partial charge on any atom is 0.326 e. The minimum absolute atomic E-state index is 0.181. The Morgan fingerprint density at radius 3 is 2.91 bits per heavy atom. The molecule has 7 heteroatoms. The number of piperidine rings is 1. The van der Waals surface area contributed by atoms with Gasteiger partial charge in [-0.3, -0.25) is 10.1 Å². The molecule has 23 heavy (non-hydrogen) atoms. The molecule has 0 spiro atoms. The lowest BCUT2D eigenvalue weighted by molar-refractivity contribution is -0.920. The number of nitrogens with one attached hydrogen (secondary N) is 3. The number of rotatable bonds is 3. The number of hydrogen-bond acceptors (Lipinski definition) is 4. The fourth-order valence-corrected chi connectivity index (χ4v) is 3.03. The molecule has 0 saturated carbocycles. The Kier molecular flexibility index (Phi) is 4.66. The van der Waals surface area contributed by atoms with Gasteiger partial charge in [0.2, 0.25) is 6.79 Å². The Morgan fingerprint density at radius 2 is 2.09 bits per heavy atom. The maximum atomic E-state index is 12.0. The molecule has 0 aliphatic carbocycles. The highest BCUT2D eigenvalue weighted by Gasteiger charge is 2.25. The van der Waals surface area contributed by atoms with Crippen molar-refractivity contribution >= 4 is 17.6 Å². The van der Waals surface area contributed by atoms with Gasteiger partial charge in [-0.1, -0.05) is 0 Å². The van der Waals surface area contributed by atoms with Crippen LogP contribution in [-0.4, -0.2) is 37.9 Å². The third kappa shape index (κ3) is 3.92. The van der Waals surface area contributed by atoms with Gasteiger partial charge in [-0.05, 0) is 38.3 Å². The summed E-state index contributed by atoms with van der Waals surface area (Å²) in [6, 6.07) is 5.03. The van der Waals surface area contributed by atoms with E-state index in [-0.39, 0.29) is 12.7 Å². The molecule has 0 aromatic heterocycles. The van der Waals surface area contributed by atoms with Crippen LogP contribution in [0.3, 0.4) is 0 Å². The van der Waals surface area contributed by atoms with Crippen LogP contribution in [0.4, 0.5) is 10.5 Å². The summed E-state index contributed by atoms with van der Waals surface area (Å²) in [5, 5.41) is 5.02. The van der Waals surface area contributed by atoms with Crippen molar-refractivity contribution in [2.24, 2.45) is 0 Å². The highest BCUT2D eigenvalue weighted by Crippen LogP contribution is 2.34. The first kappa shape index (κ1) is 15.6. The average molecular weight is 320 g/mol. The number of anilines is 1. The van der Waals surface area contributed by atoms with Crippen molar-refractivity contribution in [1.29, 1.82) is 0 Å². The fourth-order valence-electron chi connectivity index (χ4n) is 3.03. The molecule has 124 valence electrons. The summed E-state index contributed by atoms with van der Waals surface area (Å²) >= 11 is 0. The molecule has 2 aliphatic heterocycles. The van der Waals surface area contributed by atoms with E-state index >= 15 is 0 Å². The van der Waals surface area contributed by atoms with Crippen molar-refractivity contribution in [3.05, 3.63) is 18.2 Å². The van der Waals surface area contributed by atoms with Gasteiger partial charge in [0.05, 0.1) is 12.6 Å². The van der Waals surface area contributed by atoms with E-state index in [1.54, 1.807) is 18.2 Å². The van der Waals surface area contributed by atoms with Crippen LogP contribution in [0.1, 0.15) is 26.2 Å². The highest BCUT2D eigenvalue weighted by molar-refractivity contribution is 6.01. The van der Waals surface area contributed by atoms with Crippen LogP contribution < -0.4 is 25.0 Å². The molecule has 3 rings (SSSR count). The fraction of sp³-hybridized carbons (Fsp3) is 0.500. The third-order valence-corrected chi connectivity index (χ3v) is 4.35. The Labute approximate surface area is 134 Å². The number of imide groups is 1. The Hall–Kier alpha value is -2.28. The average Bonchev–Trinajstić information content (AvgIpc) is 2.97. The van der Waals surface area contributed by atoms with Crippen molar-refractivity contribution in [3.63, 3.8) is 0 Å². The summed E-state index contributed by atoms with van der Waals surface area (Å²) < 4.78 is 10.5. The van der Waals surface area contributed by atoms with Gasteiger partial charge >= 0.3 is 6.03 Å². The smallest absolute Gasteiger partial charge is 0.326 e. The first-order valence-electron chi connectivity index (χ1n) is 7.97. The van der Waals surface area contributed by atoms with Gasteiger partial charge in [0.25, 0.3) is 5.91 Å². The topological polar surface area (TPSA) is 81.1 Å². The second-order valence-electron chi connectivity index (χ2n) is 6.05. The second-order valence-corrected chi connectivity index (χ2v) is 6.05. The van der Waals surface area contributed by atoms with Gasteiger partial charge in [-0.25, -0.2) is 4.79 Å². The summed E-state index contributed by atoms with van der Waals surface area (Å²) in [7, 11) is 0. The summed E-state index contributed by atoms with van der Waals surface area (Å²) in [6.07, 6.45) is 3.49. The van der Waals surface area contributed by atoms with Crippen molar-refractivity contribution < 1.29 is 24.0 Å². The molecule has 1 aromatic carbocycles. The number of likely N-dealkylation sites (tertiary alicyclic amines) is 1. The number of ether oxygens (including phenoxy) is 2. The first-order chi connectivity index (χ1) is 11.1. The standard InChI is InChI=1S/C16H21N3O4/c1-11-4-2-3-7-19(11)9-15(20)18-16(21)17-12-5-6-13-14(8-12)23-10-22-13/h5-6,8,11H,2-4,7,9-10H2,1H3,(H2,17,18,20,21)/p+1/t11-/m1/s1. The molecule has 3 amide bonds. The molecular weight excluding hydrogens is 298 g/mol. The zero-order valence-electron chi connectivity index (χ0n) is 13.2. The van der Waals surface area contributed by atoms with Crippen LogP contribution in [0.15, 0.2) is 18.2 Å². The molecule has 7 nitrogen and oxygen atoms in total. The van der Waals surface area contributed by atoms with E-state index in [0.29, 0.717) is 29.8 Å². The van der Waals surface area contributed by atoms with Gasteiger partial charge in [0.15, 0.2) is 18.0 Å². The summed E-state index contributed by atoms with van der Waals surface area (Å²) in [4.78, 5) is 25.2. The minimum atomic E-state index is -0.530. The quantitative estimate of drug-likeness (QED) is 0.758. The largest absolute Gasteiger partial charge is 0.454 e. The highest BCUT2D eigenvalue weighted by atomic mass is 16.7. The van der Waals surface area contributed by atoms with Gasteiger partial charge in [-0.15, -0.1) is 0 Å². The van der Waals surface area contributed by atoms with E-state index in [1.807, 2.05) is 0 Å². The number of carbonyl (C=O) groups excluding carboxylic acids is 2. The summed E-state index contributed by atoms with van der Waals surface area (Å²) in [5.74, 6) is 0.974. The van der Waals surface area contributed by atoms with Crippen LogP contribution in [0.2, 0.25) is 0 Å². The second kappa shape index (κ2) is 6.87. The molecule has 1 saturated heterocycles. The molecule has 2 aliphatic rings. The summed E-state index contributed by atoms with van der Waals surface area (Å²) in [6.45, 7) is 3.64. The maximum absolute atomic E-state index is 12.0. The van der Waals surface area contributed by atoms with Crippen LogP contribution >= 0.6 is 0 Å². The van der Waals surface area contributed by atoms with Crippen molar-refractivity contribution in [1.82, 2.24) is 5.32 Å². The molecule has 3 N–H and O–H groups in total. The Balaban J connectivity index is 1.49. The minimum Gasteiger partial charge on any atom is -0.454 e. The SMILES string of the molecule is C[C@@H]1CCCC[NH+]1CC(=O)NC(=O)Nc1ccc2c(c1)OCO2.